The van der Waals surface area contributed by atoms with Gasteiger partial charge in [0.15, 0.2) is 0 Å². The predicted octanol–water partition coefficient (Wildman–Crippen LogP) is 0.349. The summed E-state index contributed by atoms with van der Waals surface area (Å²) >= 11 is 0. The first-order valence-electron chi connectivity index (χ1n) is 5.61. The predicted molar refractivity (Wildman–Crippen MR) is 63.7 cm³/mol. The highest BCUT2D eigenvalue weighted by atomic mass is 32.2. The molecule has 2 N–H and O–H groups in total. The van der Waals surface area contributed by atoms with E-state index >= 15 is 0 Å². The van der Waals surface area contributed by atoms with Gasteiger partial charge in [0.25, 0.3) is 0 Å². The summed E-state index contributed by atoms with van der Waals surface area (Å²) in [4.78, 5) is 0. The molecule has 0 spiro atoms. The minimum absolute atomic E-state index is 0.0428. The number of hydrogen-bond donors (Lipinski definition) is 2. The van der Waals surface area contributed by atoms with Crippen LogP contribution in [0.4, 0.5) is 0 Å². The van der Waals surface area contributed by atoms with E-state index in [1.54, 1.807) is 0 Å². The molecule has 0 aromatic rings. The van der Waals surface area contributed by atoms with Crippen molar-refractivity contribution in [2.45, 2.75) is 33.2 Å². The second-order valence-corrected chi connectivity index (χ2v) is 5.90. The average Bonchev–Trinajstić information content (AvgIpc) is 2.21. The number of rotatable bonds is 9. The summed E-state index contributed by atoms with van der Waals surface area (Å²) in [5, 5.41) is 8.60. The zero-order valence-corrected chi connectivity index (χ0v) is 11.1. The fourth-order valence-corrected chi connectivity index (χ4v) is 2.58. The summed E-state index contributed by atoms with van der Waals surface area (Å²) in [6.07, 6.45) is 0.259. The molecule has 5 nitrogen and oxygen atoms in total. The summed E-state index contributed by atoms with van der Waals surface area (Å²) in [5.74, 6) is 0.134. The van der Waals surface area contributed by atoms with Crippen molar-refractivity contribution in [3.63, 3.8) is 0 Å². The van der Waals surface area contributed by atoms with Crippen LogP contribution in [0.5, 0.6) is 0 Å². The van der Waals surface area contributed by atoms with Gasteiger partial charge in [0.05, 0.1) is 12.4 Å². The molecule has 6 heteroatoms. The van der Waals surface area contributed by atoms with Crippen molar-refractivity contribution >= 4 is 10.0 Å². The molecule has 0 amide bonds. The Bertz CT molecular complexity index is 264. The molecule has 0 saturated carbocycles. The molecule has 1 unspecified atom stereocenters. The molecule has 0 saturated heterocycles. The van der Waals surface area contributed by atoms with Crippen molar-refractivity contribution in [2.24, 2.45) is 5.92 Å². The highest BCUT2D eigenvalue weighted by Crippen LogP contribution is 2.05. The fraction of sp³-hybridized carbons (Fsp3) is 1.00. The van der Waals surface area contributed by atoms with Gasteiger partial charge in [-0.1, -0.05) is 13.8 Å². The minimum Gasteiger partial charge on any atom is -0.396 e. The van der Waals surface area contributed by atoms with E-state index in [0.29, 0.717) is 13.2 Å². The summed E-state index contributed by atoms with van der Waals surface area (Å²) in [6.45, 7) is 6.60. The number of aliphatic hydroxyl groups excluding tert-OH is 1. The smallest absolute Gasteiger partial charge is 0.212 e. The largest absolute Gasteiger partial charge is 0.396 e. The number of nitrogens with one attached hydrogen (secondary N) is 1. The second kappa shape index (κ2) is 8.00. The normalized spacial score (nSPS) is 14.3. The zero-order chi connectivity index (χ0) is 12.6. The van der Waals surface area contributed by atoms with E-state index < -0.39 is 10.0 Å². The average molecular weight is 253 g/mol. The number of ether oxygens (including phenoxy) is 1. The van der Waals surface area contributed by atoms with Crippen molar-refractivity contribution < 1.29 is 18.3 Å². The molecule has 0 rings (SSSR count). The van der Waals surface area contributed by atoms with Gasteiger partial charge >= 0.3 is 0 Å². The minimum atomic E-state index is -3.31. The lowest BCUT2D eigenvalue weighted by atomic mass is 10.1. The third-order valence-corrected chi connectivity index (χ3v) is 3.70. The Balaban J connectivity index is 4.26. The molecule has 0 aliphatic carbocycles. The maximum atomic E-state index is 11.6. The first kappa shape index (κ1) is 15.8. The summed E-state index contributed by atoms with van der Waals surface area (Å²) in [5.41, 5.74) is 0. The Morgan fingerprint density at radius 2 is 2.00 bits per heavy atom. The van der Waals surface area contributed by atoms with Gasteiger partial charge in [0.2, 0.25) is 10.0 Å². The van der Waals surface area contributed by atoms with Gasteiger partial charge in [-0.2, -0.15) is 0 Å². The van der Waals surface area contributed by atoms with Gasteiger partial charge in [-0.15, -0.1) is 0 Å². The standard InChI is InChI=1S/C10H23NO4S/c1-4-15-8-10(9(2)3)11-16(13,14)7-5-6-12/h9-12H,4-8H2,1-3H3. The van der Waals surface area contributed by atoms with Crippen LogP contribution in [0.2, 0.25) is 0 Å². The molecule has 0 aromatic heterocycles. The molecular weight excluding hydrogens is 230 g/mol. The molecule has 0 fully saturated rings. The maximum Gasteiger partial charge on any atom is 0.212 e. The van der Waals surface area contributed by atoms with Crippen molar-refractivity contribution in [3.8, 4) is 0 Å². The lowest BCUT2D eigenvalue weighted by Gasteiger charge is -2.21. The lowest BCUT2D eigenvalue weighted by Crippen LogP contribution is -2.42. The first-order chi connectivity index (χ1) is 7.43. The first-order valence-corrected chi connectivity index (χ1v) is 7.26. The Morgan fingerprint density at radius 1 is 1.38 bits per heavy atom. The molecule has 0 aliphatic heterocycles. The van der Waals surface area contributed by atoms with E-state index in [-0.39, 0.29) is 30.7 Å². The topological polar surface area (TPSA) is 75.6 Å². The number of sulfonamides is 1. The molecule has 0 aromatic carbocycles. The quantitative estimate of drug-likeness (QED) is 0.621. The maximum absolute atomic E-state index is 11.6. The van der Waals surface area contributed by atoms with Crippen LogP contribution in [0.3, 0.4) is 0 Å². The molecular formula is C10H23NO4S. The SMILES string of the molecule is CCOCC(NS(=O)(=O)CCCO)C(C)C. The van der Waals surface area contributed by atoms with E-state index in [2.05, 4.69) is 4.72 Å². The monoisotopic (exact) mass is 253 g/mol. The van der Waals surface area contributed by atoms with Crippen LogP contribution in [-0.4, -0.2) is 45.1 Å². The van der Waals surface area contributed by atoms with Gasteiger partial charge in [0, 0.05) is 19.3 Å². The highest BCUT2D eigenvalue weighted by molar-refractivity contribution is 7.89. The van der Waals surface area contributed by atoms with E-state index in [4.69, 9.17) is 9.84 Å². The van der Waals surface area contributed by atoms with Crippen molar-refractivity contribution in [1.29, 1.82) is 0 Å². The van der Waals surface area contributed by atoms with Crippen LogP contribution in [0.1, 0.15) is 27.2 Å². The molecule has 98 valence electrons. The van der Waals surface area contributed by atoms with Gasteiger partial charge in [0.1, 0.15) is 0 Å². The van der Waals surface area contributed by atoms with Gasteiger partial charge in [-0.25, -0.2) is 13.1 Å². The highest BCUT2D eigenvalue weighted by Gasteiger charge is 2.20. The Morgan fingerprint density at radius 3 is 2.44 bits per heavy atom. The summed E-state index contributed by atoms with van der Waals surface area (Å²) in [6, 6.07) is -0.205. The van der Waals surface area contributed by atoms with Gasteiger partial charge in [-0.3, -0.25) is 0 Å². The lowest BCUT2D eigenvalue weighted by molar-refractivity contribution is 0.116. The fourth-order valence-electron chi connectivity index (χ4n) is 1.15. The van der Waals surface area contributed by atoms with Crippen molar-refractivity contribution in [1.82, 2.24) is 4.72 Å². The summed E-state index contributed by atoms with van der Waals surface area (Å²) < 4.78 is 31.0. The third kappa shape index (κ3) is 7.16. The number of hydrogen-bond acceptors (Lipinski definition) is 4. The van der Waals surface area contributed by atoms with Gasteiger partial charge < -0.3 is 9.84 Å². The Hall–Kier alpha value is -0.170. The van der Waals surface area contributed by atoms with E-state index in [0.717, 1.165) is 0 Å². The number of aliphatic hydroxyl groups is 1. The van der Waals surface area contributed by atoms with Crippen LogP contribution >= 0.6 is 0 Å². The van der Waals surface area contributed by atoms with Crippen molar-refractivity contribution in [3.05, 3.63) is 0 Å². The summed E-state index contributed by atoms with van der Waals surface area (Å²) in [7, 11) is -3.31. The van der Waals surface area contributed by atoms with Crippen LogP contribution in [-0.2, 0) is 14.8 Å². The Labute approximate surface area is 98.2 Å². The zero-order valence-electron chi connectivity index (χ0n) is 10.3. The van der Waals surface area contributed by atoms with E-state index in [1.807, 2.05) is 20.8 Å². The molecule has 16 heavy (non-hydrogen) atoms. The second-order valence-electron chi connectivity index (χ2n) is 4.02. The third-order valence-electron chi connectivity index (χ3n) is 2.21. The molecule has 0 radical (unpaired) electrons. The van der Waals surface area contributed by atoms with Crippen LogP contribution in [0.25, 0.3) is 0 Å². The van der Waals surface area contributed by atoms with Crippen LogP contribution < -0.4 is 4.72 Å². The molecule has 0 aliphatic rings. The van der Waals surface area contributed by atoms with E-state index in [1.165, 1.54) is 0 Å². The van der Waals surface area contributed by atoms with Crippen LogP contribution in [0.15, 0.2) is 0 Å². The molecule has 0 heterocycles. The van der Waals surface area contributed by atoms with Crippen molar-refractivity contribution in [2.75, 3.05) is 25.6 Å². The molecule has 0 bridgehead atoms. The van der Waals surface area contributed by atoms with Gasteiger partial charge in [-0.05, 0) is 19.3 Å². The molecule has 1 atom stereocenters. The van der Waals surface area contributed by atoms with E-state index in [9.17, 15) is 8.42 Å². The Kier molecular flexibility index (Phi) is 7.91. The van der Waals surface area contributed by atoms with Crippen LogP contribution in [0, 0.1) is 5.92 Å².